The van der Waals surface area contributed by atoms with Gasteiger partial charge in [-0.3, -0.25) is 20.3 Å². The van der Waals surface area contributed by atoms with Crippen molar-refractivity contribution in [2.45, 2.75) is 4.90 Å². The minimum atomic E-state index is -4.30. The first-order valence-electron chi connectivity index (χ1n) is 9.42. The Morgan fingerprint density at radius 2 is 1.70 bits per heavy atom. The Labute approximate surface area is 189 Å². The summed E-state index contributed by atoms with van der Waals surface area (Å²) in [5.74, 6) is -1.32. The Bertz CT molecular complexity index is 1340. The van der Waals surface area contributed by atoms with E-state index in [0.717, 1.165) is 17.7 Å². The number of rotatable bonds is 9. The number of hydrogen-bond donors (Lipinski definition) is 3. The Morgan fingerprint density at radius 3 is 2.39 bits per heavy atom. The summed E-state index contributed by atoms with van der Waals surface area (Å²) in [4.78, 5) is 21.6. The maximum Gasteiger partial charge on any atom is 0.337 e. The third kappa shape index (κ3) is 6.02. The number of carboxylic acid groups (broad SMARTS) is 1. The molecule has 0 unspecified atom stereocenters. The van der Waals surface area contributed by atoms with Gasteiger partial charge < -0.3 is 5.11 Å². The van der Waals surface area contributed by atoms with Crippen molar-refractivity contribution in [1.29, 1.82) is 0 Å². The molecule has 0 aliphatic rings. The fraction of sp³-hybridized carbons (Fsp3) is 0. The normalized spacial score (nSPS) is 11.5. The number of carbonyl (C=O) groups is 1. The first-order chi connectivity index (χ1) is 15.8. The van der Waals surface area contributed by atoms with Crippen molar-refractivity contribution < 1.29 is 23.2 Å². The molecule has 3 N–H and O–H groups in total. The van der Waals surface area contributed by atoms with Crippen LogP contribution < -0.4 is 10.1 Å². The van der Waals surface area contributed by atoms with Crippen molar-refractivity contribution in [3.8, 4) is 0 Å². The monoisotopic (exact) mass is 466 g/mol. The van der Waals surface area contributed by atoms with Crippen LogP contribution in [0.4, 0.5) is 17.1 Å². The van der Waals surface area contributed by atoms with E-state index in [0.29, 0.717) is 0 Å². The molecule has 0 spiro atoms. The average molecular weight is 466 g/mol. The van der Waals surface area contributed by atoms with Crippen molar-refractivity contribution in [2.24, 2.45) is 5.10 Å². The van der Waals surface area contributed by atoms with Crippen LogP contribution in [-0.2, 0) is 10.0 Å². The van der Waals surface area contributed by atoms with Crippen molar-refractivity contribution in [3.63, 3.8) is 0 Å². The van der Waals surface area contributed by atoms with Crippen LogP contribution in [0.2, 0.25) is 0 Å². The van der Waals surface area contributed by atoms with Gasteiger partial charge in [0, 0.05) is 12.3 Å². The van der Waals surface area contributed by atoms with Crippen molar-refractivity contribution >= 4 is 45.3 Å². The molecule has 0 amide bonds. The van der Waals surface area contributed by atoms with Crippen LogP contribution in [0, 0.1) is 10.1 Å². The van der Waals surface area contributed by atoms with E-state index in [4.69, 9.17) is 0 Å². The lowest BCUT2D eigenvalue weighted by molar-refractivity contribution is -0.384. The molecule has 3 aromatic rings. The van der Waals surface area contributed by atoms with Crippen LogP contribution in [0.15, 0.2) is 88.9 Å². The van der Waals surface area contributed by atoms with Gasteiger partial charge in [0.05, 0.1) is 21.1 Å². The second kappa shape index (κ2) is 10.2. The number of para-hydroxylation sites is 1. The Morgan fingerprint density at radius 1 is 1.00 bits per heavy atom. The van der Waals surface area contributed by atoms with E-state index in [1.165, 1.54) is 36.5 Å². The zero-order valence-corrected chi connectivity index (χ0v) is 17.8. The highest BCUT2D eigenvalue weighted by Gasteiger charge is 2.23. The average Bonchev–Trinajstić information content (AvgIpc) is 2.79. The van der Waals surface area contributed by atoms with Gasteiger partial charge in [-0.05, 0) is 35.9 Å². The van der Waals surface area contributed by atoms with Gasteiger partial charge >= 0.3 is 5.97 Å². The van der Waals surface area contributed by atoms with Gasteiger partial charge in [-0.1, -0.05) is 48.5 Å². The largest absolute Gasteiger partial charge is 0.478 e. The molecule has 3 rings (SSSR count). The van der Waals surface area contributed by atoms with E-state index in [2.05, 4.69) is 15.2 Å². The molecule has 10 nitrogen and oxygen atoms in total. The number of benzene rings is 3. The molecule has 0 aliphatic heterocycles. The van der Waals surface area contributed by atoms with Crippen LogP contribution >= 0.6 is 0 Å². The Balaban J connectivity index is 1.80. The maximum absolute atomic E-state index is 12.7. The number of nitro groups is 1. The number of hydrazone groups is 1. The number of nitrogens with one attached hydrogen (secondary N) is 2. The standard InChI is InChI=1S/C22H18N4O6S/c27-22(28)18-10-4-5-11-19(18)25-33(31,32)17-12-13-20(21(15-17)26(29)30)24-23-14-6-9-16-7-2-1-3-8-16/h1-15,24-25H,(H,27,28)/b9-6+,23-14+. The molecular formula is C22H18N4O6S. The van der Waals surface area contributed by atoms with E-state index >= 15 is 0 Å². The van der Waals surface area contributed by atoms with Crippen LogP contribution in [0.3, 0.4) is 0 Å². The molecule has 11 heteroatoms. The summed E-state index contributed by atoms with van der Waals surface area (Å²) in [5, 5.41) is 24.6. The Hall–Kier alpha value is -4.51. The van der Waals surface area contributed by atoms with Gasteiger partial charge in [-0.2, -0.15) is 5.10 Å². The second-order valence-electron chi connectivity index (χ2n) is 6.55. The van der Waals surface area contributed by atoms with Gasteiger partial charge in [-0.25, -0.2) is 13.2 Å². The molecule has 0 radical (unpaired) electrons. The number of aromatic carboxylic acids is 1. The highest BCUT2D eigenvalue weighted by atomic mass is 32.2. The zero-order chi connectivity index (χ0) is 23.8. The first kappa shape index (κ1) is 23.2. The lowest BCUT2D eigenvalue weighted by atomic mass is 10.2. The zero-order valence-electron chi connectivity index (χ0n) is 17.0. The summed E-state index contributed by atoms with van der Waals surface area (Å²) in [6.07, 6.45) is 4.82. The molecule has 0 aromatic heterocycles. The highest BCUT2D eigenvalue weighted by molar-refractivity contribution is 7.92. The molecule has 0 heterocycles. The summed E-state index contributed by atoms with van der Waals surface area (Å²) >= 11 is 0. The van der Waals surface area contributed by atoms with E-state index in [1.54, 1.807) is 12.2 Å². The van der Waals surface area contributed by atoms with Crippen LogP contribution in [0.5, 0.6) is 0 Å². The fourth-order valence-electron chi connectivity index (χ4n) is 2.75. The summed E-state index contributed by atoms with van der Waals surface area (Å²) in [5.41, 5.74) is 2.50. The van der Waals surface area contributed by atoms with Crippen molar-refractivity contribution in [1.82, 2.24) is 0 Å². The van der Waals surface area contributed by atoms with E-state index in [-0.39, 0.29) is 16.9 Å². The fourth-order valence-corrected chi connectivity index (χ4v) is 3.85. The molecule has 0 bridgehead atoms. The van der Waals surface area contributed by atoms with Crippen LogP contribution in [-0.4, -0.2) is 30.6 Å². The first-order valence-corrected chi connectivity index (χ1v) is 10.9. The molecule has 0 saturated carbocycles. The highest BCUT2D eigenvalue weighted by Crippen LogP contribution is 2.29. The molecule has 0 fully saturated rings. The van der Waals surface area contributed by atoms with Crippen LogP contribution in [0.1, 0.15) is 15.9 Å². The summed E-state index contributed by atoms with van der Waals surface area (Å²) in [6, 6.07) is 18.1. The van der Waals surface area contributed by atoms with Crippen molar-refractivity contribution in [2.75, 3.05) is 10.1 Å². The minimum Gasteiger partial charge on any atom is -0.478 e. The molecule has 168 valence electrons. The predicted molar refractivity (Wildman–Crippen MR) is 125 cm³/mol. The lowest BCUT2D eigenvalue weighted by Crippen LogP contribution is -2.16. The Kier molecular flexibility index (Phi) is 7.16. The summed E-state index contributed by atoms with van der Waals surface area (Å²) in [7, 11) is -4.30. The van der Waals surface area contributed by atoms with Gasteiger partial charge in [0.15, 0.2) is 0 Å². The third-order valence-electron chi connectivity index (χ3n) is 4.31. The summed E-state index contributed by atoms with van der Waals surface area (Å²) < 4.78 is 27.6. The van der Waals surface area contributed by atoms with Gasteiger partial charge in [-0.15, -0.1) is 0 Å². The molecular weight excluding hydrogens is 448 g/mol. The molecule has 0 atom stereocenters. The number of nitro benzene ring substituents is 1. The SMILES string of the molecule is O=C(O)c1ccccc1NS(=O)(=O)c1ccc(N/N=C/C=C/c2ccccc2)c([N+](=O)[O-])c1. The van der Waals surface area contributed by atoms with Gasteiger partial charge in [0.2, 0.25) is 0 Å². The number of anilines is 2. The smallest absolute Gasteiger partial charge is 0.337 e. The van der Waals surface area contributed by atoms with E-state index in [9.17, 15) is 28.4 Å². The molecule has 3 aromatic carbocycles. The number of carboxylic acids is 1. The van der Waals surface area contributed by atoms with E-state index < -0.39 is 31.5 Å². The van der Waals surface area contributed by atoms with Crippen LogP contribution in [0.25, 0.3) is 6.08 Å². The van der Waals surface area contributed by atoms with Crippen molar-refractivity contribution in [3.05, 3.63) is 100 Å². The summed E-state index contributed by atoms with van der Waals surface area (Å²) in [6.45, 7) is 0. The quantitative estimate of drug-likeness (QED) is 0.243. The minimum absolute atomic E-state index is 0.0192. The molecule has 0 saturated heterocycles. The molecule has 0 aliphatic carbocycles. The van der Waals surface area contributed by atoms with E-state index in [1.807, 2.05) is 30.3 Å². The third-order valence-corrected chi connectivity index (χ3v) is 5.68. The topological polar surface area (TPSA) is 151 Å². The number of hydrogen-bond acceptors (Lipinski definition) is 7. The maximum atomic E-state index is 12.7. The number of sulfonamides is 1. The lowest BCUT2D eigenvalue weighted by Gasteiger charge is -2.11. The van der Waals surface area contributed by atoms with Gasteiger partial charge in [0.25, 0.3) is 15.7 Å². The number of nitrogens with zero attached hydrogens (tertiary/aromatic N) is 2. The predicted octanol–water partition coefficient (Wildman–Crippen LogP) is 4.20. The number of allylic oxidation sites excluding steroid dienone is 1. The second-order valence-corrected chi connectivity index (χ2v) is 8.23. The molecule has 33 heavy (non-hydrogen) atoms. The van der Waals surface area contributed by atoms with Gasteiger partial charge in [0.1, 0.15) is 5.69 Å².